The summed E-state index contributed by atoms with van der Waals surface area (Å²) in [7, 11) is 0. The smallest absolute Gasteiger partial charge is 0.375 e. The summed E-state index contributed by atoms with van der Waals surface area (Å²) in [4.78, 5) is 25.2. The van der Waals surface area contributed by atoms with E-state index in [-0.39, 0.29) is 18.2 Å². The highest BCUT2D eigenvalue weighted by molar-refractivity contribution is 6.01. The second-order valence-corrected chi connectivity index (χ2v) is 6.75. The van der Waals surface area contributed by atoms with Crippen LogP contribution in [-0.2, 0) is 16.1 Å². The number of fused-ring (bicyclic) bond motifs is 2. The van der Waals surface area contributed by atoms with Crippen LogP contribution in [0.25, 0.3) is 11.0 Å². The van der Waals surface area contributed by atoms with Crippen molar-refractivity contribution < 1.29 is 33.0 Å². The first-order valence-electron chi connectivity index (χ1n) is 9.85. The van der Waals surface area contributed by atoms with E-state index in [0.29, 0.717) is 48.0 Å². The molecule has 0 aliphatic carbocycles. The molecule has 0 atom stereocenters. The number of hydrogen-bond acceptors (Lipinski definition) is 7. The van der Waals surface area contributed by atoms with E-state index in [4.69, 9.17) is 23.4 Å². The van der Waals surface area contributed by atoms with Gasteiger partial charge in [0, 0.05) is 29.5 Å². The Hall–Kier alpha value is -3.32. The lowest BCUT2D eigenvalue weighted by Gasteiger charge is -2.09. The van der Waals surface area contributed by atoms with Crippen molar-refractivity contribution in [2.24, 2.45) is 0 Å². The lowest BCUT2D eigenvalue weighted by Crippen LogP contribution is -2.15. The maximum absolute atomic E-state index is 12.6. The lowest BCUT2D eigenvalue weighted by atomic mass is 10.1. The first kappa shape index (κ1) is 20.0. The molecule has 0 saturated carbocycles. The standard InChI is InChI=1S/C23H22O7/c1-2-26-13-17-16-6-3-4-7-19(16)30-22(17)23(25)29-14-18(24)15-8-9-20-21(12-15)28-11-5-10-27-20/h3-4,6-9,12H,2,5,10-11,13-14H2,1H3. The van der Waals surface area contributed by atoms with Gasteiger partial charge in [-0.2, -0.15) is 0 Å². The van der Waals surface area contributed by atoms with E-state index in [2.05, 4.69) is 0 Å². The summed E-state index contributed by atoms with van der Waals surface area (Å²) in [6, 6.07) is 12.2. The molecule has 0 bridgehead atoms. The molecule has 0 amide bonds. The highest BCUT2D eigenvalue weighted by Gasteiger charge is 2.23. The third-order valence-corrected chi connectivity index (χ3v) is 4.74. The third kappa shape index (κ3) is 4.16. The fraction of sp³-hybridized carbons (Fsp3) is 0.304. The molecule has 1 aliphatic heterocycles. The molecule has 3 aromatic rings. The summed E-state index contributed by atoms with van der Waals surface area (Å²) >= 11 is 0. The van der Waals surface area contributed by atoms with Gasteiger partial charge >= 0.3 is 5.97 Å². The van der Waals surface area contributed by atoms with Gasteiger partial charge in [-0.3, -0.25) is 4.79 Å². The monoisotopic (exact) mass is 410 g/mol. The fourth-order valence-electron chi connectivity index (χ4n) is 3.23. The summed E-state index contributed by atoms with van der Waals surface area (Å²) < 4.78 is 27.6. The van der Waals surface area contributed by atoms with Gasteiger partial charge in [-0.25, -0.2) is 4.79 Å². The summed E-state index contributed by atoms with van der Waals surface area (Å²) in [5, 5.41) is 0.784. The number of ether oxygens (including phenoxy) is 4. The lowest BCUT2D eigenvalue weighted by molar-refractivity contribution is 0.0439. The van der Waals surface area contributed by atoms with Gasteiger partial charge < -0.3 is 23.4 Å². The number of rotatable bonds is 7. The van der Waals surface area contributed by atoms with E-state index in [1.807, 2.05) is 25.1 Å². The Labute approximate surface area is 173 Å². The van der Waals surface area contributed by atoms with Crippen molar-refractivity contribution in [1.82, 2.24) is 0 Å². The molecule has 0 N–H and O–H groups in total. The molecule has 1 aliphatic rings. The summed E-state index contributed by atoms with van der Waals surface area (Å²) in [5.41, 5.74) is 1.56. The average molecular weight is 410 g/mol. The zero-order valence-corrected chi connectivity index (χ0v) is 16.6. The largest absolute Gasteiger partial charge is 0.490 e. The number of hydrogen-bond donors (Lipinski definition) is 0. The SMILES string of the molecule is CCOCc1c(C(=O)OCC(=O)c2ccc3c(c2)OCCCO3)oc2ccccc12. The van der Waals surface area contributed by atoms with E-state index in [1.165, 1.54) is 0 Å². The van der Waals surface area contributed by atoms with Gasteiger partial charge in [0.1, 0.15) is 5.58 Å². The summed E-state index contributed by atoms with van der Waals surface area (Å²) in [6.45, 7) is 3.26. The number of carbonyl (C=O) groups excluding carboxylic acids is 2. The number of ketones is 1. The highest BCUT2D eigenvalue weighted by Crippen LogP contribution is 2.31. The minimum atomic E-state index is -0.705. The van der Waals surface area contributed by atoms with Crippen LogP contribution in [0, 0.1) is 0 Å². The zero-order chi connectivity index (χ0) is 20.9. The third-order valence-electron chi connectivity index (χ3n) is 4.74. The zero-order valence-electron chi connectivity index (χ0n) is 16.6. The van der Waals surface area contributed by atoms with Gasteiger partial charge in [0.05, 0.1) is 19.8 Å². The number of furan rings is 1. The van der Waals surface area contributed by atoms with Gasteiger partial charge in [0.15, 0.2) is 23.9 Å². The normalized spacial score (nSPS) is 13.1. The molecule has 0 radical (unpaired) electrons. The Balaban J connectivity index is 1.48. The maximum atomic E-state index is 12.6. The summed E-state index contributed by atoms with van der Waals surface area (Å²) in [5.74, 6) is 0.117. The van der Waals surface area contributed by atoms with Crippen LogP contribution in [0.4, 0.5) is 0 Å². The van der Waals surface area contributed by atoms with Crippen molar-refractivity contribution in [1.29, 1.82) is 0 Å². The van der Waals surface area contributed by atoms with Crippen molar-refractivity contribution in [2.45, 2.75) is 20.0 Å². The van der Waals surface area contributed by atoms with E-state index in [0.717, 1.165) is 11.8 Å². The molecule has 0 spiro atoms. The number of esters is 1. The molecule has 7 nitrogen and oxygen atoms in total. The van der Waals surface area contributed by atoms with E-state index in [1.54, 1.807) is 24.3 Å². The Bertz CT molecular complexity index is 1070. The Morgan fingerprint density at radius 1 is 1.03 bits per heavy atom. The molecule has 2 heterocycles. The molecule has 0 saturated heterocycles. The van der Waals surface area contributed by atoms with Crippen molar-refractivity contribution >= 4 is 22.7 Å². The van der Waals surface area contributed by atoms with E-state index >= 15 is 0 Å². The summed E-state index contributed by atoms with van der Waals surface area (Å²) in [6.07, 6.45) is 0.775. The van der Waals surface area contributed by atoms with E-state index < -0.39 is 12.6 Å². The van der Waals surface area contributed by atoms with Crippen molar-refractivity contribution in [3.05, 3.63) is 59.4 Å². The number of para-hydroxylation sites is 1. The number of Topliss-reactive ketones (excluding diaryl/α,β-unsaturated/α-hetero) is 1. The van der Waals surface area contributed by atoms with Gasteiger partial charge in [-0.05, 0) is 31.2 Å². The van der Waals surface area contributed by atoms with Crippen LogP contribution in [-0.4, -0.2) is 38.2 Å². The van der Waals surface area contributed by atoms with Gasteiger partial charge in [-0.15, -0.1) is 0 Å². The molecule has 156 valence electrons. The average Bonchev–Trinajstić information content (AvgIpc) is 2.97. The minimum Gasteiger partial charge on any atom is -0.490 e. The first-order chi connectivity index (χ1) is 14.7. The predicted octanol–water partition coefficient (Wildman–Crippen LogP) is 4.17. The van der Waals surface area contributed by atoms with Gasteiger partial charge in [0.2, 0.25) is 5.76 Å². The molecule has 1 aromatic heterocycles. The van der Waals surface area contributed by atoms with Gasteiger partial charge in [0.25, 0.3) is 0 Å². The number of carbonyl (C=O) groups is 2. The molecule has 4 rings (SSSR count). The van der Waals surface area contributed by atoms with E-state index in [9.17, 15) is 9.59 Å². The van der Waals surface area contributed by atoms with Crippen LogP contribution in [0.15, 0.2) is 46.9 Å². The van der Waals surface area contributed by atoms with Crippen LogP contribution in [0.1, 0.15) is 39.8 Å². The van der Waals surface area contributed by atoms with Crippen molar-refractivity contribution in [3.8, 4) is 11.5 Å². The van der Waals surface area contributed by atoms with Gasteiger partial charge in [-0.1, -0.05) is 18.2 Å². The highest BCUT2D eigenvalue weighted by atomic mass is 16.5. The Kier molecular flexibility index (Phi) is 5.99. The van der Waals surface area contributed by atoms with Crippen LogP contribution < -0.4 is 9.47 Å². The second-order valence-electron chi connectivity index (χ2n) is 6.75. The quantitative estimate of drug-likeness (QED) is 0.427. The Morgan fingerprint density at radius 2 is 1.83 bits per heavy atom. The molecular weight excluding hydrogens is 388 g/mol. The molecule has 0 fully saturated rings. The predicted molar refractivity (Wildman–Crippen MR) is 108 cm³/mol. The van der Waals surface area contributed by atoms with Crippen LogP contribution in [0.2, 0.25) is 0 Å². The van der Waals surface area contributed by atoms with Crippen LogP contribution in [0.5, 0.6) is 11.5 Å². The molecule has 0 unspecified atom stereocenters. The second kappa shape index (κ2) is 9.00. The first-order valence-corrected chi connectivity index (χ1v) is 9.85. The minimum absolute atomic E-state index is 0.0520. The molecule has 30 heavy (non-hydrogen) atoms. The fourth-order valence-corrected chi connectivity index (χ4v) is 3.23. The topological polar surface area (TPSA) is 84.2 Å². The molecular formula is C23H22O7. The molecule has 7 heteroatoms. The maximum Gasteiger partial charge on any atom is 0.375 e. The molecule has 2 aromatic carbocycles. The Morgan fingerprint density at radius 3 is 2.67 bits per heavy atom. The number of benzene rings is 2. The van der Waals surface area contributed by atoms with Crippen LogP contribution >= 0.6 is 0 Å². The van der Waals surface area contributed by atoms with Crippen molar-refractivity contribution in [3.63, 3.8) is 0 Å². The van der Waals surface area contributed by atoms with Crippen LogP contribution in [0.3, 0.4) is 0 Å². The van der Waals surface area contributed by atoms with Crippen molar-refractivity contribution in [2.75, 3.05) is 26.4 Å².